The van der Waals surface area contributed by atoms with Gasteiger partial charge in [-0.05, 0) is 37.6 Å². The van der Waals surface area contributed by atoms with Gasteiger partial charge in [-0.15, -0.1) is 0 Å². The van der Waals surface area contributed by atoms with Crippen LogP contribution in [0.3, 0.4) is 0 Å². The molecule has 7 nitrogen and oxygen atoms in total. The molecule has 0 radical (unpaired) electrons. The maximum Gasteiger partial charge on any atom is 0.274 e. The summed E-state index contributed by atoms with van der Waals surface area (Å²) in [5, 5.41) is 2.91. The normalized spacial score (nSPS) is 10.7. The summed E-state index contributed by atoms with van der Waals surface area (Å²) >= 11 is 0. The van der Waals surface area contributed by atoms with Gasteiger partial charge in [-0.2, -0.15) is 0 Å². The largest absolute Gasteiger partial charge is 0.497 e. The number of nitrogens with one attached hydrogen (secondary N) is 1. The van der Waals surface area contributed by atoms with Crippen LogP contribution in [-0.2, 0) is 6.42 Å². The number of carbonyl (C=O) groups is 1. The van der Waals surface area contributed by atoms with E-state index in [-0.39, 0.29) is 5.91 Å². The molecule has 0 spiro atoms. The van der Waals surface area contributed by atoms with Gasteiger partial charge in [0.25, 0.3) is 5.91 Å². The number of aromatic nitrogens is 2. The molecule has 0 aliphatic heterocycles. The van der Waals surface area contributed by atoms with Crippen LogP contribution >= 0.6 is 0 Å². The van der Waals surface area contributed by atoms with Gasteiger partial charge in [-0.25, -0.2) is 4.98 Å². The number of amides is 1. The summed E-state index contributed by atoms with van der Waals surface area (Å²) in [5.74, 6) is 1.55. The molecular weight excluding hydrogens is 346 g/mol. The lowest BCUT2D eigenvalue weighted by molar-refractivity contribution is 0.102. The molecule has 1 N–H and O–H groups in total. The molecule has 7 heteroatoms. The number of benzene rings is 1. The van der Waals surface area contributed by atoms with E-state index in [0.717, 1.165) is 0 Å². The number of aryl methyl sites for hydroxylation is 1. The van der Waals surface area contributed by atoms with Crippen molar-refractivity contribution < 1.29 is 19.0 Å². The van der Waals surface area contributed by atoms with Crippen molar-refractivity contribution in [1.29, 1.82) is 0 Å². The minimum absolute atomic E-state index is 0.267. The molecule has 1 aromatic carbocycles. The zero-order chi connectivity index (χ0) is 19.4. The summed E-state index contributed by atoms with van der Waals surface area (Å²) in [6.07, 6.45) is 2.43. The number of rotatable bonds is 7. The number of hydrogen-bond donors (Lipinski definition) is 1. The molecular formula is C20H23N3O4. The molecule has 3 aromatic rings. The predicted molar refractivity (Wildman–Crippen MR) is 103 cm³/mol. The zero-order valence-corrected chi connectivity index (χ0v) is 15.9. The zero-order valence-electron chi connectivity index (χ0n) is 15.9. The highest BCUT2D eigenvalue weighted by molar-refractivity contribution is 6.05. The molecule has 27 heavy (non-hydrogen) atoms. The standard InChI is InChI=1S/C20H23N3O4/c1-5-14-18(23-11-7-8-16(27-6-2)19(23)21-14)20(24)22-15-10-9-13(25-3)12-17(15)26-4/h7-12H,5-6H2,1-4H3,(H,22,24). The van der Waals surface area contributed by atoms with Gasteiger partial charge in [0.05, 0.1) is 32.2 Å². The fourth-order valence-corrected chi connectivity index (χ4v) is 2.93. The molecule has 0 saturated carbocycles. The molecule has 0 bridgehead atoms. The van der Waals surface area contributed by atoms with E-state index in [1.54, 1.807) is 36.8 Å². The minimum Gasteiger partial charge on any atom is -0.497 e. The van der Waals surface area contributed by atoms with Gasteiger partial charge in [0, 0.05) is 12.3 Å². The first kappa shape index (κ1) is 18.6. The van der Waals surface area contributed by atoms with Gasteiger partial charge < -0.3 is 19.5 Å². The van der Waals surface area contributed by atoms with Crippen LogP contribution < -0.4 is 19.5 Å². The third kappa shape index (κ3) is 3.53. The maximum atomic E-state index is 13.1. The molecule has 3 rings (SSSR count). The average molecular weight is 369 g/mol. The fraction of sp³-hybridized carbons (Fsp3) is 0.300. The molecule has 2 aromatic heterocycles. The third-order valence-electron chi connectivity index (χ3n) is 4.19. The number of hydrogen-bond acceptors (Lipinski definition) is 5. The van der Waals surface area contributed by atoms with E-state index in [4.69, 9.17) is 14.2 Å². The monoisotopic (exact) mass is 369 g/mol. The molecule has 0 fully saturated rings. The van der Waals surface area contributed by atoms with E-state index in [1.807, 2.05) is 32.2 Å². The first-order valence-electron chi connectivity index (χ1n) is 8.79. The van der Waals surface area contributed by atoms with Crippen LogP contribution in [-0.4, -0.2) is 36.1 Å². The van der Waals surface area contributed by atoms with Crippen molar-refractivity contribution in [3.05, 3.63) is 47.9 Å². The second-order valence-corrected chi connectivity index (χ2v) is 5.78. The van der Waals surface area contributed by atoms with Crippen molar-refractivity contribution in [3.63, 3.8) is 0 Å². The van der Waals surface area contributed by atoms with Gasteiger partial charge in [0.2, 0.25) is 0 Å². The SMILES string of the molecule is CCOc1cccn2c(C(=O)Nc3ccc(OC)cc3OC)c(CC)nc12. The van der Waals surface area contributed by atoms with E-state index in [0.29, 0.717) is 53.0 Å². The predicted octanol–water partition coefficient (Wildman–Crippen LogP) is 3.56. The Balaban J connectivity index is 2.02. The average Bonchev–Trinajstić information content (AvgIpc) is 3.08. The second-order valence-electron chi connectivity index (χ2n) is 5.78. The number of carbonyl (C=O) groups excluding carboxylic acids is 1. The first-order valence-corrected chi connectivity index (χ1v) is 8.79. The molecule has 0 aliphatic carbocycles. The van der Waals surface area contributed by atoms with Crippen LogP contribution in [0.4, 0.5) is 5.69 Å². The molecule has 0 saturated heterocycles. The first-order chi connectivity index (χ1) is 13.1. The van der Waals surface area contributed by atoms with E-state index >= 15 is 0 Å². The van der Waals surface area contributed by atoms with Gasteiger partial charge in [-0.3, -0.25) is 9.20 Å². The Morgan fingerprint density at radius 3 is 2.63 bits per heavy atom. The second kappa shape index (κ2) is 7.99. The molecule has 2 heterocycles. The van der Waals surface area contributed by atoms with E-state index < -0.39 is 0 Å². The number of imidazole rings is 1. The lowest BCUT2D eigenvalue weighted by atomic mass is 10.2. The summed E-state index contributed by atoms with van der Waals surface area (Å²) < 4.78 is 18.0. The van der Waals surface area contributed by atoms with E-state index in [2.05, 4.69) is 10.3 Å². The van der Waals surface area contributed by atoms with Crippen molar-refractivity contribution in [2.75, 3.05) is 26.1 Å². The summed E-state index contributed by atoms with van der Waals surface area (Å²) in [6.45, 7) is 4.40. The summed E-state index contributed by atoms with van der Waals surface area (Å²) in [7, 11) is 3.12. The smallest absolute Gasteiger partial charge is 0.274 e. The van der Waals surface area contributed by atoms with Crippen LogP contribution in [0.5, 0.6) is 17.2 Å². The van der Waals surface area contributed by atoms with Crippen molar-refractivity contribution >= 4 is 17.2 Å². The van der Waals surface area contributed by atoms with Crippen LogP contribution in [0.15, 0.2) is 36.5 Å². The topological polar surface area (TPSA) is 74.1 Å². The van der Waals surface area contributed by atoms with Crippen LogP contribution in [0.25, 0.3) is 5.65 Å². The highest BCUT2D eigenvalue weighted by Gasteiger charge is 2.21. The lowest BCUT2D eigenvalue weighted by Crippen LogP contribution is -2.17. The summed E-state index contributed by atoms with van der Waals surface area (Å²) in [4.78, 5) is 17.7. The van der Waals surface area contributed by atoms with Crippen molar-refractivity contribution in [1.82, 2.24) is 9.38 Å². The van der Waals surface area contributed by atoms with Crippen LogP contribution in [0.2, 0.25) is 0 Å². The molecule has 0 aliphatic rings. The Labute approximate surface area is 157 Å². The molecule has 142 valence electrons. The van der Waals surface area contributed by atoms with Gasteiger partial charge >= 0.3 is 0 Å². The van der Waals surface area contributed by atoms with Crippen LogP contribution in [0, 0.1) is 0 Å². The fourth-order valence-electron chi connectivity index (χ4n) is 2.93. The Kier molecular flexibility index (Phi) is 5.49. The third-order valence-corrected chi connectivity index (χ3v) is 4.19. The highest BCUT2D eigenvalue weighted by atomic mass is 16.5. The van der Waals surface area contributed by atoms with Crippen LogP contribution in [0.1, 0.15) is 30.0 Å². The number of nitrogens with zero attached hydrogens (tertiary/aromatic N) is 2. The van der Waals surface area contributed by atoms with Gasteiger partial charge in [0.15, 0.2) is 11.4 Å². The van der Waals surface area contributed by atoms with E-state index in [1.165, 1.54) is 0 Å². The number of fused-ring (bicyclic) bond motifs is 1. The summed E-state index contributed by atoms with van der Waals surface area (Å²) in [5.41, 5.74) is 2.36. The lowest BCUT2D eigenvalue weighted by Gasteiger charge is -2.12. The number of anilines is 1. The number of methoxy groups -OCH3 is 2. The van der Waals surface area contributed by atoms with Gasteiger partial charge in [0.1, 0.15) is 17.2 Å². The Bertz CT molecular complexity index is 965. The highest BCUT2D eigenvalue weighted by Crippen LogP contribution is 2.30. The molecule has 0 atom stereocenters. The number of ether oxygens (including phenoxy) is 3. The quantitative estimate of drug-likeness (QED) is 0.689. The Morgan fingerprint density at radius 1 is 1.15 bits per heavy atom. The Hall–Kier alpha value is -3.22. The summed E-state index contributed by atoms with van der Waals surface area (Å²) in [6, 6.07) is 8.91. The number of pyridine rings is 1. The Morgan fingerprint density at radius 2 is 1.96 bits per heavy atom. The van der Waals surface area contributed by atoms with Crippen molar-refractivity contribution in [3.8, 4) is 17.2 Å². The van der Waals surface area contributed by atoms with Crippen molar-refractivity contribution in [2.45, 2.75) is 20.3 Å². The van der Waals surface area contributed by atoms with Gasteiger partial charge in [-0.1, -0.05) is 6.92 Å². The van der Waals surface area contributed by atoms with Crippen molar-refractivity contribution in [2.24, 2.45) is 0 Å². The maximum absolute atomic E-state index is 13.1. The minimum atomic E-state index is -0.267. The molecule has 0 unspecified atom stereocenters. The van der Waals surface area contributed by atoms with E-state index in [9.17, 15) is 4.79 Å². The molecule has 1 amide bonds.